The second-order valence-electron chi connectivity index (χ2n) is 9.02. The molecule has 0 aliphatic heterocycles. The monoisotopic (exact) mass is 474 g/mol. The second kappa shape index (κ2) is 7.72. The van der Waals surface area contributed by atoms with Crippen LogP contribution in [0.3, 0.4) is 0 Å². The summed E-state index contributed by atoms with van der Waals surface area (Å²) in [5.41, 5.74) is 2.09. The van der Waals surface area contributed by atoms with Crippen molar-refractivity contribution < 1.29 is 9.53 Å². The molecule has 2 aromatic heterocycles. The molecular formula is C22H27BrN4O3. The third kappa shape index (κ3) is 3.97. The maximum absolute atomic E-state index is 13.1. The van der Waals surface area contributed by atoms with Crippen molar-refractivity contribution in [1.82, 2.24) is 19.4 Å². The van der Waals surface area contributed by atoms with E-state index in [1.807, 2.05) is 43.5 Å². The predicted octanol–water partition coefficient (Wildman–Crippen LogP) is 4.66. The fourth-order valence-electron chi connectivity index (χ4n) is 4.29. The van der Waals surface area contributed by atoms with Crippen LogP contribution in [0.5, 0.6) is 0 Å². The lowest BCUT2D eigenvalue weighted by molar-refractivity contribution is 0.0488. The van der Waals surface area contributed by atoms with Crippen molar-refractivity contribution in [1.29, 1.82) is 0 Å². The summed E-state index contributed by atoms with van der Waals surface area (Å²) in [6.07, 6.45) is 4.64. The quantitative estimate of drug-likeness (QED) is 0.585. The molecule has 4 rings (SSSR count). The number of hydrogen-bond acceptors (Lipinski definition) is 4. The SMILES string of the molecule is Cn1c(=O)n(C2CCC(NC(=O)OC(C)(C)C)CC2)c2c3cc(Br)ccc3ncc21. The maximum Gasteiger partial charge on any atom is 0.407 e. The number of aromatic nitrogens is 3. The Morgan fingerprint density at radius 3 is 2.60 bits per heavy atom. The molecule has 1 aliphatic rings. The number of pyridine rings is 1. The molecule has 1 aromatic carbocycles. The molecule has 7 nitrogen and oxygen atoms in total. The Morgan fingerprint density at radius 2 is 1.93 bits per heavy atom. The third-order valence-corrected chi connectivity index (χ3v) is 6.15. The number of hydrogen-bond donors (Lipinski definition) is 1. The van der Waals surface area contributed by atoms with Crippen LogP contribution in [-0.2, 0) is 11.8 Å². The van der Waals surface area contributed by atoms with Gasteiger partial charge in [0.2, 0.25) is 0 Å². The predicted molar refractivity (Wildman–Crippen MR) is 121 cm³/mol. The van der Waals surface area contributed by atoms with E-state index in [0.717, 1.165) is 52.1 Å². The van der Waals surface area contributed by atoms with E-state index in [2.05, 4.69) is 26.2 Å². The molecule has 0 unspecified atom stereocenters. The van der Waals surface area contributed by atoms with Crippen LogP contribution in [0.2, 0.25) is 0 Å². The summed E-state index contributed by atoms with van der Waals surface area (Å²) in [4.78, 5) is 29.7. The van der Waals surface area contributed by atoms with E-state index >= 15 is 0 Å². The van der Waals surface area contributed by atoms with E-state index in [9.17, 15) is 9.59 Å². The summed E-state index contributed by atoms with van der Waals surface area (Å²) in [5, 5.41) is 3.94. The number of carbonyl (C=O) groups is 1. The number of fused-ring (bicyclic) bond motifs is 3. The molecule has 2 heterocycles. The number of alkyl carbamates (subject to hydrolysis) is 1. The lowest BCUT2D eigenvalue weighted by Crippen LogP contribution is -2.41. The van der Waals surface area contributed by atoms with Crippen molar-refractivity contribution >= 4 is 44.0 Å². The average molecular weight is 475 g/mol. The van der Waals surface area contributed by atoms with Crippen LogP contribution in [0.25, 0.3) is 21.9 Å². The average Bonchev–Trinajstić information content (AvgIpc) is 2.92. The zero-order valence-corrected chi connectivity index (χ0v) is 19.3. The van der Waals surface area contributed by atoms with Gasteiger partial charge in [-0.25, -0.2) is 9.59 Å². The van der Waals surface area contributed by atoms with Gasteiger partial charge in [0.1, 0.15) is 5.60 Å². The normalized spacial score (nSPS) is 19.9. The van der Waals surface area contributed by atoms with Crippen molar-refractivity contribution in [3.05, 3.63) is 39.4 Å². The lowest BCUT2D eigenvalue weighted by Gasteiger charge is -2.30. The largest absolute Gasteiger partial charge is 0.444 e. The number of ether oxygens (including phenoxy) is 1. The summed E-state index contributed by atoms with van der Waals surface area (Å²) in [7, 11) is 1.79. The van der Waals surface area contributed by atoms with Crippen molar-refractivity contribution in [2.75, 3.05) is 0 Å². The van der Waals surface area contributed by atoms with Gasteiger partial charge < -0.3 is 10.1 Å². The van der Waals surface area contributed by atoms with Gasteiger partial charge in [0.25, 0.3) is 0 Å². The van der Waals surface area contributed by atoms with Crippen molar-refractivity contribution in [3.63, 3.8) is 0 Å². The lowest BCUT2D eigenvalue weighted by atomic mass is 9.91. The van der Waals surface area contributed by atoms with Gasteiger partial charge in [0.05, 0.1) is 22.7 Å². The first-order valence-electron chi connectivity index (χ1n) is 10.3. The standard InChI is InChI=1S/C22H27BrN4O3/c1-22(2,3)30-20(28)25-14-6-8-15(9-7-14)27-19-16-11-13(23)5-10-17(16)24-12-18(19)26(4)21(27)29/h5,10-12,14-15H,6-9H2,1-4H3,(H,25,28). The Hall–Kier alpha value is -2.35. The van der Waals surface area contributed by atoms with Gasteiger partial charge in [-0.2, -0.15) is 0 Å². The molecule has 8 heteroatoms. The fraction of sp³-hybridized carbons (Fsp3) is 0.500. The van der Waals surface area contributed by atoms with Gasteiger partial charge in [-0.3, -0.25) is 14.1 Å². The molecule has 0 bridgehead atoms. The highest BCUT2D eigenvalue weighted by atomic mass is 79.9. The van der Waals surface area contributed by atoms with Gasteiger partial charge in [-0.15, -0.1) is 0 Å². The first-order chi connectivity index (χ1) is 14.1. The summed E-state index contributed by atoms with van der Waals surface area (Å²) in [6.45, 7) is 5.57. The third-order valence-electron chi connectivity index (χ3n) is 5.66. The van der Waals surface area contributed by atoms with Crippen LogP contribution in [0.4, 0.5) is 4.79 Å². The van der Waals surface area contributed by atoms with Crippen LogP contribution >= 0.6 is 15.9 Å². The molecule has 0 atom stereocenters. The number of carbonyl (C=O) groups excluding carboxylic acids is 1. The minimum atomic E-state index is -0.513. The fourth-order valence-corrected chi connectivity index (χ4v) is 4.65. The number of imidazole rings is 1. The number of aryl methyl sites for hydroxylation is 1. The highest BCUT2D eigenvalue weighted by Crippen LogP contribution is 2.33. The van der Waals surface area contributed by atoms with E-state index in [0.29, 0.717) is 0 Å². The van der Waals surface area contributed by atoms with E-state index in [4.69, 9.17) is 4.74 Å². The minimum Gasteiger partial charge on any atom is -0.444 e. The summed E-state index contributed by atoms with van der Waals surface area (Å²) < 4.78 is 9.93. The molecule has 1 amide bonds. The van der Waals surface area contributed by atoms with Crippen LogP contribution < -0.4 is 11.0 Å². The number of nitrogens with one attached hydrogen (secondary N) is 1. The van der Waals surface area contributed by atoms with Crippen LogP contribution in [0, 0.1) is 0 Å². The van der Waals surface area contributed by atoms with E-state index in [-0.39, 0.29) is 23.9 Å². The first kappa shape index (κ1) is 20.9. The highest BCUT2D eigenvalue weighted by molar-refractivity contribution is 9.10. The topological polar surface area (TPSA) is 78.2 Å². The van der Waals surface area contributed by atoms with Crippen LogP contribution in [0.1, 0.15) is 52.5 Å². The maximum atomic E-state index is 13.1. The molecule has 1 saturated carbocycles. The number of nitrogens with zero attached hydrogens (tertiary/aromatic N) is 3. The zero-order chi connectivity index (χ0) is 21.6. The Kier molecular flexibility index (Phi) is 5.38. The molecule has 1 N–H and O–H groups in total. The molecule has 0 saturated heterocycles. The van der Waals surface area contributed by atoms with Crippen LogP contribution in [-0.4, -0.2) is 31.9 Å². The van der Waals surface area contributed by atoms with Gasteiger partial charge in [-0.1, -0.05) is 15.9 Å². The molecule has 1 fully saturated rings. The van der Waals surface area contributed by atoms with E-state index < -0.39 is 5.60 Å². The van der Waals surface area contributed by atoms with E-state index in [1.165, 1.54) is 0 Å². The first-order valence-corrected chi connectivity index (χ1v) is 11.1. The highest BCUT2D eigenvalue weighted by Gasteiger charge is 2.28. The van der Waals surface area contributed by atoms with Gasteiger partial charge in [-0.05, 0) is 64.7 Å². The summed E-state index contributed by atoms with van der Waals surface area (Å²) in [6, 6.07) is 6.09. The molecule has 1 aliphatic carbocycles. The second-order valence-corrected chi connectivity index (χ2v) is 9.93. The number of halogens is 1. The van der Waals surface area contributed by atoms with Crippen LogP contribution in [0.15, 0.2) is 33.7 Å². The molecular weight excluding hydrogens is 448 g/mol. The number of rotatable bonds is 2. The van der Waals surface area contributed by atoms with Gasteiger partial charge in [0.15, 0.2) is 0 Å². The van der Waals surface area contributed by atoms with E-state index in [1.54, 1.807) is 17.8 Å². The molecule has 30 heavy (non-hydrogen) atoms. The summed E-state index contributed by atoms with van der Waals surface area (Å²) in [5.74, 6) is 0. The Balaban J connectivity index is 1.62. The van der Waals surface area contributed by atoms with Crippen molar-refractivity contribution in [3.8, 4) is 0 Å². The molecule has 0 radical (unpaired) electrons. The Morgan fingerprint density at radius 1 is 1.23 bits per heavy atom. The zero-order valence-electron chi connectivity index (χ0n) is 17.7. The number of amides is 1. The molecule has 3 aromatic rings. The Labute approximate surface area is 183 Å². The minimum absolute atomic E-state index is 0.0252. The molecule has 160 valence electrons. The van der Waals surface area contributed by atoms with Crippen molar-refractivity contribution in [2.45, 2.75) is 64.1 Å². The number of benzene rings is 1. The molecule has 0 spiro atoms. The van der Waals surface area contributed by atoms with Crippen molar-refractivity contribution in [2.24, 2.45) is 7.05 Å². The van der Waals surface area contributed by atoms with Gasteiger partial charge in [0, 0.05) is 29.0 Å². The smallest absolute Gasteiger partial charge is 0.407 e. The Bertz CT molecular complexity index is 1170. The van der Waals surface area contributed by atoms with Gasteiger partial charge >= 0.3 is 11.8 Å². The summed E-state index contributed by atoms with van der Waals surface area (Å²) >= 11 is 3.54.